The molecule has 0 fully saturated rings. The predicted octanol–water partition coefficient (Wildman–Crippen LogP) is 2.69. The Morgan fingerprint density at radius 2 is 1.69 bits per heavy atom. The molecule has 0 saturated heterocycles. The van der Waals surface area contributed by atoms with Crippen LogP contribution in [0, 0.1) is 20.8 Å². The van der Waals surface area contributed by atoms with Gasteiger partial charge in [-0.25, -0.2) is 18.6 Å². The molecule has 26 heavy (non-hydrogen) atoms. The zero-order chi connectivity index (χ0) is 19.3. The minimum Gasteiger partial charge on any atom is -0.272 e. The molecular weight excluding hydrogens is 374 g/mol. The molecule has 0 aromatic heterocycles. The highest BCUT2D eigenvalue weighted by molar-refractivity contribution is 7.89. The third-order valence-electron chi connectivity index (χ3n) is 3.57. The molecule has 0 radical (unpaired) electrons. The third-order valence-corrected chi connectivity index (χ3v) is 5.53. The van der Waals surface area contributed by atoms with Crippen LogP contribution in [-0.2, 0) is 14.8 Å². The Morgan fingerprint density at radius 1 is 1.12 bits per heavy atom. The van der Waals surface area contributed by atoms with Gasteiger partial charge in [0, 0.05) is 5.02 Å². The molecule has 1 amide bonds. The Morgan fingerprint density at radius 3 is 2.27 bits per heavy atom. The molecule has 0 heterocycles. The van der Waals surface area contributed by atoms with Crippen molar-refractivity contribution in [3.8, 4) is 0 Å². The van der Waals surface area contributed by atoms with E-state index >= 15 is 0 Å². The highest BCUT2D eigenvalue weighted by Crippen LogP contribution is 2.21. The molecule has 6 nitrogen and oxygen atoms in total. The summed E-state index contributed by atoms with van der Waals surface area (Å²) in [5.41, 5.74) is 5.28. The zero-order valence-corrected chi connectivity index (χ0v) is 16.3. The Hall–Kier alpha value is -2.22. The first-order valence-corrected chi connectivity index (χ1v) is 9.70. The van der Waals surface area contributed by atoms with Gasteiger partial charge in [-0.2, -0.15) is 5.10 Å². The van der Waals surface area contributed by atoms with Gasteiger partial charge < -0.3 is 0 Å². The Bertz CT molecular complexity index is 916. The van der Waals surface area contributed by atoms with Gasteiger partial charge in [0.1, 0.15) is 0 Å². The Balaban J connectivity index is 1.97. The van der Waals surface area contributed by atoms with Gasteiger partial charge >= 0.3 is 0 Å². The average molecular weight is 394 g/mol. The van der Waals surface area contributed by atoms with E-state index in [0.717, 1.165) is 11.1 Å². The summed E-state index contributed by atoms with van der Waals surface area (Å²) in [4.78, 5) is 12.0. The molecule has 8 heteroatoms. The fraction of sp³-hybridized carbons (Fsp3) is 0.222. The molecule has 0 spiro atoms. The van der Waals surface area contributed by atoms with Crippen molar-refractivity contribution in [1.29, 1.82) is 0 Å². The van der Waals surface area contributed by atoms with Gasteiger partial charge in [0.2, 0.25) is 10.0 Å². The molecule has 0 aliphatic heterocycles. The van der Waals surface area contributed by atoms with Crippen LogP contribution in [-0.4, -0.2) is 27.1 Å². The van der Waals surface area contributed by atoms with Crippen molar-refractivity contribution in [2.24, 2.45) is 5.10 Å². The van der Waals surface area contributed by atoms with Crippen LogP contribution in [0.15, 0.2) is 46.4 Å². The first-order chi connectivity index (χ1) is 12.2. The lowest BCUT2D eigenvalue weighted by Crippen LogP contribution is -2.35. The lowest BCUT2D eigenvalue weighted by molar-refractivity contribution is -0.119. The van der Waals surface area contributed by atoms with E-state index in [9.17, 15) is 13.2 Å². The summed E-state index contributed by atoms with van der Waals surface area (Å²) in [6.07, 6.45) is 1.44. The van der Waals surface area contributed by atoms with E-state index in [4.69, 9.17) is 11.6 Å². The topological polar surface area (TPSA) is 87.6 Å². The van der Waals surface area contributed by atoms with Crippen LogP contribution >= 0.6 is 11.6 Å². The molecule has 0 saturated carbocycles. The summed E-state index contributed by atoms with van der Waals surface area (Å²) in [6, 6.07) is 10.5. The standard InChI is InChI=1S/C18H20ClN3O3S/c1-12-8-13(2)18(14(3)9-12)26(24,25)21-11-17(23)22-20-10-15-4-6-16(19)7-5-15/h4-10,21H,11H2,1-3H3,(H,22,23)/b20-10-. The molecule has 0 aliphatic carbocycles. The van der Waals surface area contributed by atoms with Crippen molar-refractivity contribution in [3.05, 3.63) is 63.7 Å². The van der Waals surface area contributed by atoms with Crippen molar-refractivity contribution in [2.75, 3.05) is 6.54 Å². The number of sulfonamides is 1. The van der Waals surface area contributed by atoms with Crippen LogP contribution in [0.25, 0.3) is 0 Å². The highest BCUT2D eigenvalue weighted by Gasteiger charge is 2.20. The normalized spacial score (nSPS) is 11.7. The smallest absolute Gasteiger partial charge is 0.255 e. The van der Waals surface area contributed by atoms with Gasteiger partial charge in [0.15, 0.2) is 0 Å². The number of nitrogens with one attached hydrogen (secondary N) is 2. The zero-order valence-electron chi connectivity index (χ0n) is 14.7. The summed E-state index contributed by atoms with van der Waals surface area (Å²) in [6.45, 7) is 4.94. The van der Waals surface area contributed by atoms with E-state index in [-0.39, 0.29) is 4.90 Å². The second kappa shape index (κ2) is 8.44. The highest BCUT2D eigenvalue weighted by atomic mass is 35.5. The van der Waals surface area contributed by atoms with Crippen LogP contribution in [0.2, 0.25) is 5.02 Å². The number of amides is 1. The van der Waals surface area contributed by atoms with Gasteiger partial charge in [-0.15, -0.1) is 0 Å². The van der Waals surface area contributed by atoms with Crippen LogP contribution in [0.5, 0.6) is 0 Å². The summed E-state index contributed by atoms with van der Waals surface area (Å²) in [7, 11) is -3.79. The van der Waals surface area contributed by atoms with Crippen LogP contribution < -0.4 is 10.1 Å². The van der Waals surface area contributed by atoms with E-state index in [1.807, 2.05) is 6.92 Å². The van der Waals surface area contributed by atoms with Crippen molar-refractivity contribution < 1.29 is 13.2 Å². The molecular formula is C18H20ClN3O3S. The summed E-state index contributed by atoms with van der Waals surface area (Å²) in [5, 5.41) is 4.39. The number of hydrazone groups is 1. The number of hydrogen-bond acceptors (Lipinski definition) is 4. The SMILES string of the molecule is Cc1cc(C)c(S(=O)(=O)NCC(=O)N/N=C\c2ccc(Cl)cc2)c(C)c1. The fourth-order valence-corrected chi connectivity index (χ4v) is 4.15. The van der Waals surface area contributed by atoms with Gasteiger partial charge in [-0.3, -0.25) is 4.79 Å². The number of rotatable bonds is 6. The number of nitrogens with zero attached hydrogens (tertiary/aromatic N) is 1. The predicted molar refractivity (Wildman–Crippen MR) is 103 cm³/mol. The Labute approximate surface area is 158 Å². The van der Waals surface area contributed by atoms with Gasteiger partial charge in [-0.1, -0.05) is 41.4 Å². The monoisotopic (exact) mass is 393 g/mol. The molecule has 138 valence electrons. The molecule has 0 unspecified atom stereocenters. The van der Waals surface area contributed by atoms with Crippen LogP contribution in [0.3, 0.4) is 0 Å². The third kappa shape index (κ3) is 5.39. The average Bonchev–Trinajstić information content (AvgIpc) is 2.53. The van der Waals surface area contributed by atoms with Gasteiger partial charge in [0.05, 0.1) is 17.7 Å². The first kappa shape index (κ1) is 20.1. The van der Waals surface area contributed by atoms with E-state index < -0.39 is 22.5 Å². The number of carbonyl (C=O) groups excluding carboxylic acids is 1. The number of halogens is 1. The molecule has 0 aliphatic rings. The summed E-state index contributed by atoms with van der Waals surface area (Å²) in [5.74, 6) is -0.568. The molecule has 2 aromatic rings. The van der Waals surface area contributed by atoms with E-state index in [2.05, 4.69) is 15.2 Å². The van der Waals surface area contributed by atoms with Crippen molar-refractivity contribution >= 4 is 33.7 Å². The van der Waals surface area contributed by atoms with Crippen molar-refractivity contribution in [1.82, 2.24) is 10.1 Å². The minimum atomic E-state index is -3.79. The molecule has 2 aromatic carbocycles. The molecule has 0 atom stereocenters. The maximum absolute atomic E-state index is 12.5. The van der Waals surface area contributed by atoms with Gasteiger partial charge in [0.25, 0.3) is 5.91 Å². The van der Waals surface area contributed by atoms with Crippen molar-refractivity contribution in [3.63, 3.8) is 0 Å². The lowest BCUT2D eigenvalue weighted by Gasteiger charge is -2.12. The quantitative estimate of drug-likeness (QED) is 0.584. The first-order valence-electron chi connectivity index (χ1n) is 7.84. The van der Waals surface area contributed by atoms with Crippen molar-refractivity contribution in [2.45, 2.75) is 25.7 Å². The number of aryl methyl sites for hydroxylation is 3. The van der Waals surface area contributed by atoms with Gasteiger partial charge in [-0.05, 0) is 49.6 Å². The number of benzene rings is 2. The van der Waals surface area contributed by atoms with E-state index in [1.54, 1.807) is 50.2 Å². The summed E-state index contributed by atoms with van der Waals surface area (Å²) < 4.78 is 27.3. The second-order valence-electron chi connectivity index (χ2n) is 5.90. The maximum atomic E-state index is 12.5. The lowest BCUT2D eigenvalue weighted by atomic mass is 10.1. The minimum absolute atomic E-state index is 0.195. The number of carbonyl (C=O) groups is 1. The van der Waals surface area contributed by atoms with E-state index in [0.29, 0.717) is 16.1 Å². The fourth-order valence-electron chi connectivity index (χ4n) is 2.59. The van der Waals surface area contributed by atoms with Crippen LogP contribution in [0.4, 0.5) is 0 Å². The largest absolute Gasteiger partial charge is 0.272 e. The summed E-state index contributed by atoms with van der Waals surface area (Å²) >= 11 is 5.78. The maximum Gasteiger partial charge on any atom is 0.255 e. The molecule has 2 N–H and O–H groups in total. The Kier molecular flexibility index (Phi) is 6.52. The van der Waals surface area contributed by atoms with Crippen LogP contribution in [0.1, 0.15) is 22.3 Å². The second-order valence-corrected chi connectivity index (χ2v) is 8.04. The van der Waals surface area contributed by atoms with E-state index in [1.165, 1.54) is 6.21 Å². The number of hydrogen-bond donors (Lipinski definition) is 2. The molecule has 2 rings (SSSR count). The molecule has 0 bridgehead atoms.